The van der Waals surface area contributed by atoms with Crippen molar-refractivity contribution in [1.82, 2.24) is 5.06 Å². The van der Waals surface area contributed by atoms with Crippen LogP contribution in [0.2, 0.25) is 0 Å². The molecule has 1 fully saturated rings. The third kappa shape index (κ3) is 4.11. The number of nitrogens with zero attached hydrogens (tertiary/aromatic N) is 1. The zero-order chi connectivity index (χ0) is 20.1. The van der Waals surface area contributed by atoms with E-state index in [1.807, 2.05) is 0 Å². The van der Waals surface area contributed by atoms with E-state index in [9.17, 15) is 9.13 Å². The summed E-state index contributed by atoms with van der Waals surface area (Å²) in [4.78, 5) is 5.97. The summed E-state index contributed by atoms with van der Waals surface area (Å²) < 4.78 is 55.3. The molecule has 0 amide bonds. The van der Waals surface area contributed by atoms with Gasteiger partial charge < -0.3 is 22.5 Å². The topological polar surface area (TPSA) is 96.7 Å². The molecule has 1 aromatic rings. The van der Waals surface area contributed by atoms with Gasteiger partial charge in [0.05, 0.1) is 38.7 Å². The molecular formula is C16H29NO8P2. The van der Waals surface area contributed by atoms with Crippen molar-refractivity contribution < 1.29 is 36.5 Å². The standard InChI is InChI=1S/C16H29NO8P2/c1-6-21-26(18,22-7-2)16(27(19,23-8-3)24-9-4)13-14(17(5)25-16)15-11-10-12-20-15/h10-12,14H,6-9,13H2,1-5H3. The lowest BCUT2D eigenvalue weighted by Gasteiger charge is -2.38. The molecule has 1 aromatic heterocycles. The van der Waals surface area contributed by atoms with Crippen LogP contribution in [-0.4, -0.2) is 43.6 Å². The van der Waals surface area contributed by atoms with Crippen LogP contribution in [0.4, 0.5) is 0 Å². The quantitative estimate of drug-likeness (QED) is 0.464. The van der Waals surface area contributed by atoms with E-state index in [0.717, 1.165) is 0 Å². The maximum absolute atomic E-state index is 13.8. The first-order valence-corrected chi connectivity index (χ1v) is 12.1. The first-order valence-electron chi connectivity index (χ1n) is 9.06. The minimum Gasteiger partial charge on any atom is -0.468 e. The Bertz CT molecular complexity index is 630. The minimum atomic E-state index is -4.07. The average Bonchev–Trinajstić information content (AvgIpc) is 3.24. The Balaban J connectivity index is 2.62. The fourth-order valence-electron chi connectivity index (χ4n) is 3.10. The van der Waals surface area contributed by atoms with Crippen molar-refractivity contribution in [2.75, 3.05) is 33.5 Å². The highest BCUT2D eigenvalue weighted by molar-refractivity contribution is 7.74. The van der Waals surface area contributed by atoms with Gasteiger partial charge in [0.25, 0.3) is 5.08 Å². The number of rotatable bonds is 11. The van der Waals surface area contributed by atoms with Crippen molar-refractivity contribution in [3.05, 3.63) is 24.2 Å². The zero-order valence-electron chi connectivity index (χ0n) is 16.5. The zero-order valence-corrected chi connectivity index (χ0v) is 18.2. The lowest BCUT2D eigenvalue weighted by Crippen LogP contribution is -2.34. The molecule has 0 radical (unpaired) electrons. The molecule has 27 heavy (non-hydrogen) atoms. The van der Waals surface area contributed by atoms with Gasteiger partial charge in [-0.2, -0.15) is 5.06 Å². The fraction of sp³-hybridized carbons (Fsp3) is 0.750. The maximum Gasteiger partial charge on any atom is 0.376 e. The van der Waals surface area contributed by atoms with Gasteiger partial charge >= 0.3 is 15.2 Å². The third-order valence-corrected chi connectivity index (χ3v) is 10.2. The average molecular weight is 425 g/mol. The summed E-state index contributed by atoms with van der Waals surface area (Å²) in [6, 6.07) is 3.03. The molecule has 1 atom stereocenters. The number of furan rings is 1. The van der Waals surface area contributed by atoms with Gasteiger partial charge in [0, 0.05) is 13.5 Å². The first kappa shape index (κ1) is 22.8. The summed E-state index contributed by atoms with van der Waals surface area (Å²) in [5.41, 5.74) is 0. The monoisotopic (exact) mass is 425 g/mol. The molecule has 0 saturated carbocycles. The van der Waals surface area contributed by atoms with Gasteiger partial charge in [0.2, 0.25) is 0 Å². The molecule has 0 aromatic carbocycles. The van der Waals surface area contributed by atoms with E-state index in [4.69, 9.17) is 27.3 Å². The molecule has 11 heteroatoms. The Kier molecular flexibility index (Phi) is 7.88. The van der Waals surface area contributed by atoms with Crippen LogP contribution in [-0.2, 0) is 32.1 Å². The highest BCUT2D eigenvalue weighted by Gasteiger charge is 2.72. The van der Waals surface area contributed by atoms with Crippen LogP contribution < -0.4 is 0 Å². The molecule has 1 aliphatic rings. The summed E-state index contributed by atoms with van der Waals surface area (Å²) in [6.45, 7) is 7.02. The van der Waals surface area contributed by atoms with E-state index in [1.165, 1.54) is 11.3 Å². The van der Waals surface area contributed by atoms with Gasteiger partial charge in [-0.3, -0.25) is 14.0 Å². The summed E-state index contributed by atoms with van der Waals surface area (Å²) in [5, 5.41) is -0.502. The van der Waals surface area contributed by atoms with E-state index in [2.05, 4.69) is 0 Å². The van der Waals surface area contributed by atoms with Crippen molar-refractivity contribution in [3.63, 3.8) is 0 Å². The molecule has 2 rings (SSSR count). The molecule has 0 N–H and O–H groups in total. The molecule has 2 heterocycles. The van der Waals surface area contributed by atoms with E-state index in [1.54, 1.807) is 46.9 Å². The molecule has 1 aliphatic heterocycles. The number of hydrogen-bond donors (Lipinski definition) is 0. The highest BCUT2D eigenvalue weighted by Crippen LogP contribution is 2.82. The predicted molar refractivity (Wildman–Crippen MR) is 99.4 cm³/mol. The number of hydrogen-bond acceptors (Lipinski definition) is 9. The highest BCUT2D eigenvalue weighted by atomic mass is 31.2. The second-order valence-electron chi connectivity index (χ2n) is 5.78. The molecule has 9 nitrogen and oxygen atoms in total. The van der Waals surface area contributed by atoms with Gasteiger partial charge in [-0.1, -0.05) is 0 Å². The summed E-state index contributed by atoms with van der Waals surface area (Å²) in [6.07, 6.45) is 1.52. The van der Waals surface area contributed by atoms with Crippen LogP contribution in [0.1, 0.15) is 45.9 Å². The molecule has 156 valence electrons. The molecule has 1 saturated heterocycles. The summed E-state index contributed by atoms with van der Waals surface area (Å²) in [7, 11) is -6.51. The van der Waals surface area contributed by atoms with Crippen molar-refractivity contribution in [1.29, 1.82) is 0 Å². The molecule has 0 spiro atoms. The molecule has 1 unspecified atom stereocenters. The minimum absolute atomic E-state index is 0.00836. The van der Waals surface area contributed by atoms with Crippen molar-refractivity contribution in [3.8, 4) is 0 Å². The Labute approximate surface area is 160 Å². The van der Waals surface area contributed by atoms with Crippen molar-refractivity contribution in [2.45, 2.75) is 45.2 Å². The summed E-state index contributed by atoms with van der Waals surface area (Å²) >= 11 is 0. The molecule has 0 aliphatic carbocycles. The lowest BCUT2D eigenvalue weighted by molar-refractivity contribution is -0.151. The first-order chi connectivity index (χ1) is 12.8. The second kappa shape index (κ2) is 9.33. The predicted octanol–water partition coefficient (Wildman–Crippen LogP) is 4.77. The third-order valence-electron chi connectivity index (χ3n) is 4.11. The smallest absolute Gasteiger partial charge is 0.376 e. The molecular weight excluding hydrogens is 396 g/mol. The SMILES string of the molecule is CCOP(=O)(OCC)C1(P(=O)(OCC)OCC)CC(c2ccco2)N(C)O1. The van der Waals surface area contributed by atoms with E-state index in [-0.39, 0.29) is 32.8 Å². The Morgan fingerprint density at radius 3 is 1.89 bits per heavy atom. The maximum atomic E-state index is 13.8. The van der Waals surface area contributed by atoms with Crippen LogP contribution in [0.5, 0.6) is 0 Å². The van der Waals surface area contributed by atoms with Crippen LogP contribution in [0, 0.1) is 0 Å². The Morgan fingerprint density at radius 2 is 1.52 bits per heavy atom. The number of hydroxylamine groups is 2. The van der Waals surface area contributed by atoms with Crippen molar-refractivity contribution in [2.24, 2.45) is 0 Å². The lowest BCUT2D eigenvalue weighted by atomic mass is 10.2. The van der Waals surface area contributed by atoms with Gasteiger partial charge in [0.1, 0.15) is 5.76 Å². The van der Waals surface area contributed by atoms with Gasteiger partial charge in [-0.15, -0.1) is 0 Å². The van der Waals surface area contributed by atoms with E-state index in [0.29, 0.717) is 5.76 Å². The normalized spacial score (nSPS) is 21.0. The van der Waals surface area contributed by atoms with E-state index < -0.39 is 26.3 Å². The van der Waals surface area contributed by atoms with Gasteiger partial charge in [-0.25, -0.2) is 0 Å². The Hall–Kier alpha value is -0.500. The van der Waals surface area contributed by atoms with Crippen LogP contribution in [0.15, 0.2) is 22.8 Å². The van der Waals surface area contributed by atoms with Gasteiger partial charge in [0.15, 0.2) is 0 Å². The fourth-order valence-corrected chi connectivity index (χ4v) is 8.56. The van der Waals surface area contributed by atoms with Gasteiger partial charge in [-0.05, 0) is 39.8 Å². The largest absolute Gasteiger partial charge is 0.468 e. The Morgan fingerprint density at radius 1 is 1.04 bits per heavy atom. The van der Waals surface area contributed by atoms with Crippen LogP contribution in [0.25, 0.3) is 0 Å². The summed E-state index contributed by atoms with van der Waals surface area (Å²) in [5.74, 6) is 0.568. The van der Waals surface area contributed by atoms with Crippen LogP contribution >= 0.6 is 15.2 Å². The second-order valence-corrected chi connectivity index (χ2v) is 10.6. The molecule has 0 bridgehead atoms. The van der Waals surface area contributed by atoms with Crippen molar-refractivity contribution >= 4 is 15.2 Å². The van der Waals surface area contributed by atoms with E-state index >= 15 is 0 Å². The van der Waals surface area contributed by atoms with Crippen LogP contribution in [0.3, 0.4) is 0 Å².